The number of benzene rings is 1. The predicted octanol–water partition coefficient (Wildman–Crippen LogP) is 3.89. The van der Waals surface area contributed by atoms with E-state index in [1.165, 1.54) is 50.0 Å². The Balaban J connectivity index is 0. The second kappa shape index (κ2) is 18.1. The third-order valence-electron chi connectivity index (χ3n) is 4.98. The summed E-state index contributed by atoms with van der Waals surface area (Å²) in [5, 5.41) is 29.5. The minimum Gasteiger partial charge on any atom is -0.410 e. The highest BCUT2D eigenvalue weighted by Crippen LogP contribution is 2.23. The standard InChI is InChI=1S/C23H43N3O2.2NO3/c1-24(2)23(27)28-22-17-13-12-16-21(22)20-26(6,7)19-15-11-9-8-10-14-18-25(3,4)5;2*2-1(3)4/h12-13,16-17H,8-11,14-15,18-20H2,1-7H3;;/q+2;2*-1. The Morgan fingerprint density at radius 2 is 1.22 bits per heavy atom. The Morgan fingerprint density at radius 1 is 0.806 bits per heavy atom. The highest BCUT2D eigenvalue weighted by molar-refractivity contribution is 5.70. The fourth-order valence-corrected chi connectivity index (χ4v) is 3.29. The number of nitrogens with zero attached hydrogens (tertiary/aromatic N) is 5. The lowest BCUT2D eigenvalue weighted by Gasteiger charge is -2.30. The number of rotatable bonds is 12. The number of unbranched alkanes of at least 4 members (excludes halogenated alkanes) is 5. The third-order valence-corrected chi connectivity index (χ3v) is 4.98. The molecular formula is C23H43N5O8. The van der Waals surface area contributed by atoms with Crippen LogP contribution >= 0.6 is 0 Å². The molecule has 0 aliphatic heterocycles. The van der Waals surface area contributed by atoms with Crippen LogP contribution in [0.3, 0.4) is 0 Å². The summed E-state index contributed by atoms with van der Waals surface area (Å²) in [6, 6.07) is 7.87. The lowest BCUT2D eigenvalue weighted by atomic mass is 10.1. The maximum absolute atomic E-state index is 11.9. The number of carbonyl (C=O) groups excluding carboxylic acids is 1. The van der Waals surface area contributed by atoms with Gasteiger partial charge in [0.05, 0.1) is 58.5 Å². The summed E-state index contributed by atoms with van der Waals surface area (Å²) in [7, 11) is 14.7. The quantitative estimate of drug-likeness (QED) is 0.174. The molecule has 0 N–H and O–H groups in total. The summed E-state index contributed by atoms with van der Waals surface area (Å²) in [6.07, 6.45) is 7.55. The Bertz CT molecular complexity index is 762. The molecule has 0 radical (unpaired) electrons. The molecule has 0 unspecified atom stereocenters. The smallest absolute Gasteiger partial charge is 0.410 e. The number of quaternary nitrogens is 2. The maximum Gasteiger partial charge on any atom is 0.414 e. The number of hydrogen-bond donors (Lipinski definition) is 0. The van der Waals surface area contributed by atoms with Crippen LogP contribution in [0.4, 0.5) is 4.79 Å². The van der Waals surface area contributed by atoms with Crippen molar-refractivity contribution in [2.24, 2.45) is 0 Å². The average Bonchev–Trinajstić information content (AvgIpc) is 2.69. The minimum absolute atomic E-state index is 0.331. The molecule has 36 heavy (non-hydrogen) atoms. The van der Waals surface area contributed by atoms with Crippen molar-refractivity contribution in [1.29, 1.82) is 0 Å². The molecule has 0 saturated heterocycles. The highest BCUT2D eigenvalue weighted by atomic mass is 16.9. The van der Waals surface area contributed by atoms with Crippen LogP contribution in [0, 0.1) is 30.6 Å². The molecule has 13 nitrogen and oxygen atoms in total. The van der Waals surface area contributed by atoms with Crippen molar-refractivity contribution in [2.45, 2.75) is 45.1 Å². The van der Waals surface area contributed by atoms with Gasteiger partial charge in [-0.2, -0.15) is 0 Å². The molecule has 0 aromatic heterocycles. The number of ether oxygens (including phenoxy) is 1. The van der Waals surface area contributed by atoms with Gasteiger partial charge in [-0.05, 0) is 37.8 Å². The Kier molecular flexibility index (Phi) is 17.6. The molecule has 0 fully saturated rings. The largest absolute Gasteiger partial charge is 0.414 e. The van der Waals surface area contributed by atoms with E-state index in [-0.39, 0.29) is 6.09 Å². The molecule has 0 heterocycles. The lowest BCUT2D eigenvalue weighted by molar-refractivity contribution is -0.903. The predicted molar refractivity (Wildman–Crippen MR) is 138 cm³/mol. The van der Waals surface area contributed by atoms with Gasteiger partial charge in [-0.25, -0.2) is 4.79 Å². The van der Waals surface area contributed by atoms with Crippen molar-refractivity contribution in [3.63, 3.8) is 0 Å². The second-order valence-electron chi connectivity index (χ2n) is 10.3. The molecule has 0 aliphatic carbocycles. The third kappa shape index (κ3) is 24.0. The first kappa shape index (κ1) is 35.0. The van der Waals surface area contributed by atoms with E-state index in [9.17, 15) is 4.79 Å². The highest BCUT2D eigenvalue weighted by Gasteiger charge is 2.19. The fraction of sp³-hybridized carbons (Fsp3) is 0.696. The zero-order valence-corrected chi connectivity index (χ0v) is 22.7. The average molecular weight is 518 g/mol. The Morgan fingerprint density at radius 3 is 1.67 bits per heavy atom. The summed E-state index contributed by atoms with van der Waals surface area (Å²) in [6.45, 7) is 3.26. The first-order chi connectivity index (χ1) is 16.5. The molecule has 13 heteroatoms. The fourth-order valence-electron chi connectivity index (χ4n) is 3.29. The van der Waals surface area contributed by atoms with Gasteiger partial charge in [0.25, 0.3) is 0 Å². The van der Waals surface area contributed by atoms with E-state index < -0.39 is 10.2 Å². The second-order valence-corrected chi connectivity index (χ2v) is 10.3. The van der Waals surface area contributed by atoms with Gasteiger partial charge in [0.15, 0.2) is 0 Å². The SMILES string of the molecule is CN(C)C(=O)Oc1ccccc1C[N+](C)(C)CCCCCCCC[N+](C)(C)C.O=[N+]([O-])[O-].O=[N+]([O-])[O-]. The molecule has 0 aliphatic rings. The maximum atomic E-state index is 11.9. The van der Waals surface area contributed by atoms with Crippen LogP contribution < -0.4 is 4.74 Å². The number of hydrogen-bond acceptors (Lipinski definition) is 8. The zero-order valence-electron chi connectivity index (χ0n) is 22.7. The van der Waals surface area contributed by atoms with E-state index in [1.807, 2.05) is 18.2 Å². The molecule has 0 bridgehead atoms. The van der Waals surface area contributed by atoms with Crippen LogP contribution in [-0.4, -0.2) is 92.6 Å². The normalized spacial score (nSPS) is 10.8. The van der Waals surface area contributed by atoms with Gasteiger partial charge in [0.2, 0.25) is 0 Å². The minimum atomic E-state index is -1.75. The molecule has 1 amide bonds. The van der Waals surface area contributed by atoms with Crippen LogP contribution in [0.15, 0.2) is 24.3 Å². The van der Waals surface area contributed by atoms with E-state index in [0.717, 1.165) is 27.6 Å². The summed E-state index contributed by atoms with van der Waals surface area (Å²) in [5.74, 6) is 0.671. The topological polar surface area (TPSA) is 162 Å². The van der Waals surface area contributed by atoms with Gasteiger partial charge in [-0.1, -0.05) is 25.0 Å². The van der Waals surface area contributed by atoms with E-state index in [0.29, 0.717) is 5.75 Å². The van der Waals surface area contributed by atoms with Gasteiger partial charge in [-0.15, -0.1) is 0 Å². The lowest BCUT2D eigenvalue weighted by Crippen LogP contribution is -2.39. The number of amides is 1. The van der Waals surface area contributed by atoms with Gasteiger partial charge in [0, 0.05) is 19.7 Å². The van der Waals surface area contributed by atoms with Crippen LogP contribution in [0.5, 0.6) is 5.75 Å². The molecule has 0 saturated carbocycles. The van der Waals surface area contributed by atoms with E-state index >= 15 is 0 Å². The van der Waals surface area contributed by atoms with Gasteiger partial charge in [0.1, 0.15) is 12.3 Å². The molecule has 1 rings (SSSR count). The monoisotopic (exact) mass is 517 g/mol. The summed E-state index contributed by atoms with van der Waals surface area (Å²) in [5.41, 5.74) is 1.09. The molecule has 0 atom stereocenters. The summed E-state index contributed by atoms with van der Waals surface area (Å²) < 4.78 is 7.50. The van der Waals surface area contributed by atoms with Gasteiger partial charge < -0.3 is 49.2 Å². The van der Waals surface area contributed by atoms with Crippen molar-refractivity contribution in [3.8, 4) is 5.75 Å². The molecule has 1 aromatic carbocycles. The van der Waals surface area contributed by atoms with E-state index in [2.05, 4.69) is 41.3 Å². The molecule has 208 valence electrons. The van der Waals surface area contributed by atoms with Crippen molar-refractivity contribution < 1.29 is 28.7 Å². The first-order valence-electron chi connectivity index (χ1n) is 11.7. The van der Waals surface area contributed by atoms with Crippen LogP contribution in [-0.2, 0) is 6.54 Å². The van der Waals surface area contributed by atoms with Crippen LogP contribution in [0.2, 0.25) is 0 Å². The van der Waals surface area contributed by atoms with Crippen molar-refractivity contribution in [3.05, 3.63) is 60.5 Å². The Labute approximate surface area is 213 Å². The molecule has 1 aromatic rings. The van der Waals surface area contributed by atoms with E-state index in [4.69, 9.17) is 35.4 Å². The number of para-hydroxylation sites is 1. The first-order valence-corrected chi connectivity index (χ1v) is 11.7. The van der Waals surface area contributed by atoms with Gasteiger partial charge in [-0.3, -0.25) is 0 Å². The van der Waals surface area contributed by atoms with E-state index in [1.54, 1.807) is 14.1 Å². The van der Waals surface area contributed by atoms with Crippen molar-refractivity contribution >= 4 is 6.09 Å². The Hall–Kier alpha value is -3.19. The van der Waals surface area contributed by atoms with Crippen molar-refractivity contribution in [2.75, 3.05) is 62.4 Å². The van der Waals surface area contributed by atoms with Crippen molar-refractivity contribution in [1.82, 2.24) is 4.90 Å². The summed E-state index contributed by atoms with van der Waals surface area (Å²) >= 11 is 0. The molecular weight excluding hydrogens is 474 g/mol. The molecule has 0 spiro atoms. The number of carbonyl (C=O) groups is 1. The zero-order chi connectivity index (χ0) is 28.4. The van der Waals surface area contributed by atoms with Crippen LogP contribution in [0.25, 0.3) is 0 Å². The summed E-state index contributed by atoms with van der Waals surface area (Å²) in [4.78, 5) is 29.9. The van der Waals surface area contributed by atoms with Gasteiger partial charge >= 0.3 is 6.09 Å². The van der Waals surface area contributed by atoms with Crippen LogP contribution in [0.1, 0.15) is 44.1 Å².